The van der Waals surface area contributed by atoms with Crippen LogP contribution in [0, 0.1) is 0 Å². The topological polar surface area (TPSA) is 57.4 Å². The summed E-state index contributed by atoms with van der Waals surface area (Å²) in [5.74, 6) is 2.02. The van der Waals surface area contributed by atoms with Gasteiger partial charge >= 0.3 is 0 Å². The maximum absolute atomic E-state index is 5.96. The van der Waals surface area contributed by atoms with E-state index in [0.29, 0.717) is 31.3 Å². The van der Waals surface area contributed by atoms with Crippen LogP contribution in [-0.2, 0) is 6.42 Å². The molecule has 0 N–H and O–H groups in total. The lowest BCUT2D eigenvalue weighted by molar-refractivity contribution is 0.309. The van der Waals surface area contributed by atoms with E-state index < -0.39 is 0 Å². The number of benzene rings is 1. The van der Waals surface area contributed by atoms with Crippen LogP contribution in [0.5, 0.6) is 11.6 Å². The van der Waals surface area contributed by atoms with Gasteiger partial charge < -0.3 is 13.9 Å². The van der Waals surface area contributed by atoms with Gasteiger partial charge in [0.2, 0.25) is 5.88 Å². The highest BCUT2D eigenvalue weighted by atomic mass is 16.5. The normalized spacial score (nSPS) is 13.2. The summed E-state index contributed by atoms with van der Waals surface area (Å²) in [4.78, 5) is 8.61. The number of para-hydroxylation sites is 1. The molecule has 1 aromatic carbocycles. The first-order chi connectivity index (χ1) is 10.4. The fraction of sp³-hybridized carbons (Fsp3) is 0.250. The van der Waals surface area contributed by atoms with Gasteiger partial charge in [-0.05, 0) is 19.1 Å². The minimum atomic E-state index is 0.553. The summed E-state index contributed by atoms with van der Waals surface area (Å²) in [5.41, 5.74) is 2.50. The monoisotopic (exact) mass is 282 g/mol. The Labute approximate surface area is 121 Å². The second-order valence-corrected chi connectivity index (χ2v) is 4.79. The Morgan fingerprint density at radius 3 is 3.05 bits per heavy atom. The summed E-state index contributed by atoms with van der Waals surface area (Å²) in [6.07, 6.45) is 2.20. The van der Waals surface area contributed by atoms with Gasteiger partial charge in [0.05, 0.1) is 18.6 Å². The molecule has 0 unspecified atom stereocenters. The molecule has 3 aromatic rings. The summed E-state index contributed by atoms with van der Waals surface area (Å²) in [5, 5.41) is 0.969. The van der Waals surface area contributed by atoms with E-state index in [4.69, 9.17) is 13.9 Å². The van der Waals surface area contributed by atoms with Crippen molar-refractivity contribution in [1.29, 1.82) is 0 Å². The zero-order valence-electron chi connectivity index (χ0n) is 11.6. The van der Waals surface area contributed by atoms with Gasteiger partial charge in [-0.1, -0.05) is 12.1 Å². The number of aromatic nitrogens is 2. The van der Waals surface area contributed by atoms with E-state index in [0.717, 1.165) is 28.0 Å². The number of furan rings is 1. The Balaban J connectivity index is 1.99. The minimum absolute atomic E-state index is 0.553. The molecule has 5 nitrogen and oxygen atoms in total. The first kappa shape index (κ1) is 12.2. The third kappa shape index (κ3) is 1.85. The Morgan fingerprint density at radius 1 is 1.24 bits per heavy atom. The molecule has 2 aromatic heterocycles. The number of rotatable bonds is 2. The van der Waals surface area contributed by atoms with Crippen molar-refractivity contribution in [1.82, 2.24) is 9.97 Å². The van der Waals surface area contributed by atoms with Crippen LogP contribution >= 0.6 is 0 Å². The average Bonchev–Trinajstić information content (AvgIpc) is 2.77. The second-order valence-electron chi connectivity index (χ2n) is 4.79. The lowest BCUT2D eigenvalue weighted by Gasteiger charge is -2.08. The molecule has 0 radical (unpaired) electrons. The molecule has 5 heteroatoms. The molecule has 0 spiro atoms. The van der Waals surface area contributed by atoms with Crippen LogP contribution in [0.1, 0.15) is 12.5 Å². The van der Waals surface area contributed by atoms with E-state index in [1.165, 1.54) is 6.33 Å². The molecule has 106 valence electrons. The SMILES string of the molecule is CCOc1ncnc2c1CCOc1c-2oc2ccccc12. The van der Waals surface area contributed by atoms with Crippen molar-refractivity contribution in [2.24, 2.45) is 0 Å². The molecule has 0 saturated heterocycles. The van der Waals surface area contributed by atoms with Crippen molar-refractivity contribution in [3.63, 3.8) is 0 Å². The van der Waals surface area contributed by atoms with E-state index in [1.807, 2.05) is 31.2 Å². The predicted molar refractivity (Wildman–Crippen MR) is 77.6 cm³/mol. The van der Waals surface area contributed by atoms with Crippen LogP contribution < -0.4 is 9.47 Å². The number of hydrogen-bond acceptors (Lipinski definition) is 5. The molecule has 0 saturated carbocycles. The van der Waals surface area contributed by atoms with Gasteiger partial charge in [0, 0.05) is 12.0 Å². The number of ether oxygens (including phenoxy) is 2. The number of fused-ring (bicyclic) bond motifs is 5. The fourth-order valence-electron chi connectivity index (χ4n) is 2.65. The molecular weight excluding hydrogens is 268 g/mol. The van der Waals surface area contributed by atoms with E-state index in [-0.39, 0.29) is 0 Å². The average molecular weight is 282 g/mol. The van der Waals surface area contributed by atoms with Crippen LogP contribution in [0.4, 0.5) is 0 Å². The highest BCUT2D eigenvalue weighted by Gasteiger charge is 2.26. The molecule has 0 aliphatic carbocycles. The van der Waals surface area contributed by atoms with Crippen LogP contribution in [0.2, 0.25) is 0 Å². The highest BCUT2D eigenvalue weighted by molar-refractivity contribution is 5.91. The molecular formula is C16H14N2O3. The van der Waals surface area contributed by atoms with Crippen molar-refractivity contribution in [3.05, 3.63) is 36.2 Å². The molecule has 1 aliphatic heterocycles. The summed E-state index contributed by atoms with van der Waals surface area (Å²) >= 11 is 0. The molecule has 0 amide bonds. The van der Waals surface area contributed by atoms with E-state index >= 15 is 0 Å². The largest absolute Gasteiger partial charge is 0.488 e. The van der Waals surface area contributed by atoms with Gasteiger partial charge in [-0.15, -0.1) is 0 Å². The second kappa shape index (κ2) is 4.77. The zero-order valence-corrected chi connectivity index (χ0v) is 11.6. The van der Waals surface area contributed by atoms with E-state index in [9.17, 15) is 0 Å². The first-order valence-corrected chi connectivity index (χ1v) is 7.00. The van der Waals surface area contributed by atoms with Crippen molar-refractivity contribution < 1.29 is 13.9 Å². The van der Waals surface area contributed by atoms with Crippen molar-refractivity contribution in [2.45, 2.75) is 13.3 Å². The summed E-state index contributed by atoms with van der Waals surface area (Å²) in [6, 6.07) is 7.83. The molecule has 0 bridgehead atoms. The molecule has 0 fully saturated rings. The van der Waals surface area contributed by atoms with Gasteiger partial charge in [0.15, 0.2) is 11.5 Å². The smallest absolute Gasteiger partial charge is 0.220 e. The van der Waals surface area contributed by atoms with Crippen LogP contribution in [0.25, 0.3) is 22.4 Å². The third-order valence-corrected chi connectivity index (χ3v) is 3.55. The standard InChI is InChI=1S/C16H14N2O3/c1-2-19-16-11-7-8-20-14-10-5-3-4-6-12(10)21-15(14)13(11)17-9-18-16/h3-6,9H,2,7-8H2,1H3. The quantitative estimate of drug-likeness (QED) is 0.722. The van der Waals surface area contributed by atoms with E-state index in [2.05, 4.69) is 9.97 Å². The van der Waals surface area contributed by atoms with Crippen molar-refractivity contribution in [3.8, 4) is 23.1 Å². The maximum atomic E-state index is 5.96. The van der Waals surface area contributed by atoms with Gasteiger partial charge in [-0.3, -0.25) is 0 Å². The highest BCUT2D eigenvalue weighted by Crippen LogP contribution is 2.43. The Morgan fingerprint density at radius 2 is 2.14 bits per heavy atom. The molecule has 21 heavy (non-hydrogen) atoms. The lowest BCUT2D eigenvalue weighted by Crippen LogP contribution is -2.05. The summed E-state index contributed by atoms with van der Waals surface area (Å²) in [6.45, 7) is 3.06. The summed E-state index contributed by atoms with van der Waals surface area (Å²) < 4.78 is 17.5. The molecule has 4 rings (SSSR count). The molecule has 0 atom stereocenters. The minimum Gasteiger partial charge on any atom is -0.488 e. The third-order valence-electron chi connectivity index (χ3n) is 3.55. The lowest BCUT2D eigenvalue weighted by atomic mass is 10.1. The first-order valence-electron chi connectivity index (χ1n) is 7.00. The van der Waals surface area contributed by atoms with Gasteiger partial charge in [-0.2, -0.15) is 0 Å². The Bertz CT molecular complexity index is 810. The molecule has 1 aliphatic rings. The Hall–Kier alpha value is -2.56. The van der Waals surface area contributed by atoms with Crippen LogP contribution in [-0.4, -0.2) is 23.2 Å². The van der Waals surface area contributed by atoms with Crippen LogP contribution in [0.15, 0.2) is 35.0 Å². The maximum Gasteiger partial charge on any atom is 0.220 e. The fourth-order valence-corrected chi connectivity index (χ4v) is 2.65. The van der Waals surface area contributed by atoms with Crippen molar-refractivity contribution in [2.75, 3.05) is 13.2 Å². The number of hydrogen-bond donors (Lipinski definition) is 0. The van der Waals surface area contributed by atoms with Gasteiger partial charge in [-0.25, -0.2) is 9.97 Å². The Kier molecular flexibility index (Phi) is 2.77. The van der Waals surface area contributed by atoms with Gasteiger partial charge in [0.1, 0.15) is 17.6 Å². The summed E-state index contributed by atoms with van der Waals surface area (Å²) in [7, 11) is 0. The number of nitrogens with zero attached hydrogens (tertiary/aromatic N) is 2. The van der Waals surface area contributed by atoms with Gasteiger partial charge in [0.25, 0.3) is 0 Å². The van der Waals surface area contributed by atoms with Crippen molar-refractivity contribution >= 4 is 11.0 Å². The zero-order chi connectivity index (χ0) is 14.2. The van der Waals surface area contributed by atoms with E-state index in [1.54, 1.807) is 0 Å². The van der Waals surface area contributed by atoms with Crippen LogP contribution in [0.3, 0.4) is 0 Å². The molecule has 3 heterocycles. The predicted octanol–water partition coefficient (Wildman–Crippen LogP) is 3.22.